The Bertz CT molecular complexity index is 195. The Morgan fingerprint density at radius 2 is 2.00 bits per heavy atom. The highest BCUT2D eigenvalue weighted by atomic mass is 16.5. The van der Waals surface area contributed by atoms with E-state index in [1.165, 1.54) is 0 Å². The van der Waals surface area contributed by atoms with Crippen molar-refractivity contribution in [2.45, 2.75) is 46.2 Å². The Morgan fingerprint density at radius 3 is 2.38 bits per heavy atom. The molecule has 0 heterocycles. The minimum atomic E-state index is -0.228. The molecular formula is C12H26N2O2. The Balaban J connectivity index is 4.30. The van der Waals surface area contributed by atoms with Gasteiger partial charge in [0.05, 0.1) is 6.61 Å². The SMILES string of the molecule is CCCN(CC(NC)C(=O)OCC)C(C)C. The van der Waals surface area contributed by atoms with Gasteiger partial charge in [0, 0.05) is 12.6 Å². The van der Waals surface area contributed by atoms with Gasteiger partial charge in [-0.2, -0.15) is 0 Å². The summed E-state index contributed by atoms with van der Waals surface area (Å²) in [6.07, 6.45) is 1.09. The van der Waals surface area contributed by atoms with Gasteiger partial charge in [-0.05, 0) is 40.8 Å². The second-order valence-corrected chi connectivity index (χ2v) is 4.18. The van der Waals surface area contributed by atoms with Crippen molar-refractivity contribution in [3.05, 3.63) is 0 Å². The van der Waals surface area contributed by atoms with Gasteiger partial charge in [-0.15, -0.1) is 0 Å². The first-order valence-corrected chi connectivity index (χ1v) is 6.14. The van der Waals surface area contributed by atoms with E-state index in [9.17, 15) is 4.79 Å². The Morgan fingerprint density at radius 1 is 1.38 bits per heavy atom. The van der Waals surface area contributed by atoms with E-state index in [4.69, 9.17) is 4.74 Å². The highest BCUT2D eigenvalue weighted by Crippen LogP contribution is 2.02. The summed E-state index contributed by atoms with van der Waals surface area (Å²) in [5, 5.41) is 3.01. The molecule has 0 bridgehead atoms. The molecule has 0 aliphatic carbocycles. The summed E-state index contributed by atoms with van der Waals surface area (Å²) in [5.74, 6) is -0.160. The smallest absolute Gasteiger partial charge is 0.324 e. The highest BCUT2D eigenvalue weighted by Gasteiger charge is 2.21. The molecule has 0 aromatic carbocycles. The van der Waals surface area contributed by atoms with Crippen LogP contribution in [-0.2, 0) is 9.53 Å². The molecule has 1 N–H and O–H groups in total. The third-order valence-electron chi connectivity index (χ3n) is 2.58. The molecule has 0 rings (SSSR count). The number of ether oxygens (including phenoxy) is 1. The molecule has 0 amide bonds. The molecule has 0 aromatic rings. The Hall–Kier alpha value is -0.610. The van der Waals surface area contributed by atoms with Crippen LogP contribution in [0, 0.1) is 0 Å². The summed E-state index contributed by atoms with van der Waals surface area (Å²) >= 11 is 0. The van der Waals surface area contributed by atoms with E-state index in [2.05, 4.69) is 31.0 Å². The zero-order valence-electron chi connectivity index (χ0n) is 11.2. The van der Waals surface area contributed by atoms with Crippen molar-refractivity contribution in [2.75, 3.05) is 26.7 Å². The summed E-state index contributed by atoms with van der Waals surface area (Å²) in [6, 6.07) is 0.221. The maximum absolute atomic E-state index is 11.6. The molecule has 0 saturated heterocycles. The van der Waals surface area contributed by atoms with Gasteiger partial charge in [-0.1, -0.05) is 6.92 Å². The summed E-state index contributed by atoms with van der Waals surface area (Å²) in [4.78, 5) is 13.9. The van der Waals surface area contributed by atoms with E-state index < -0.39 is 0 Å². The zero-order valence-corrected chi connectivity index (χ0v) is 11.2. The number of nitrogens with zero attached hydrogens (tertiary/aromatic N) is 1. The third-order valence-corrected chi connectivity index (χ3v) is 2.58. The zero-order chi connectivity index (χ0) is 12.6. The lowest BCUT2D eigenvalue weighted by molar-refractivity contribution is -0.146. The first-order valence-electron chi connectivity index (χ1n) is 6.14. The highest BCUT2D eigenvalue weighted by molar-refractivity contribution is 5.76. The fourth-order valence-corrected chi connectivity index (χ4v) is 1.61. The normalized spacial score (nSPS) is 13.2. The van der Waals surface area contributed by atoms with Crippen LogP contribution in [-0.4, -0.2) is 49.7 Å². The first kappa shape index (κ1) is 15.4. The second-order valence-electron chi connectivity index (χ2n) is 4.18. The molecular weight excluding hydrogens is 204 g/mol. The number of esters is 1. The first-order chi connectivity index (χ1) is 7.56. The summed E-state index contributed by atoms with van der Waals surface area (Å²) in [5.41, 5.74) is 0. The molecule has 0 saturated carbocycles. The average Bonchev–Trinajstić information content (AvgIpc) is 2.24. The number of carbonyl (C=O) groups excluding carboxylic acids is 1. The van der Waals surface area contributed by atoms with Crippen LogP contribution in [0.5, 0.6) is 0 Å². The molecule has 96 valence electrons. The fourth-order valence-electron chi connectivity index (χ4n) is 1.61. The quantitative estimate of drug-likeness (QED) is 0.637. The molecule has 4 heteroatoms. The maximum Gasteiger partial charge on any atom is 0.324 e. The molecule has 1 unspecified atom stereocenters. The summed E-state index contributed by atoms with van der Waals surface area (Å²) in [6.45, 7) is 10.4. The van der Waals surface area contributed by atoms with Crippen LogP contribution in [0.1, 0.15) is 34.1 Å². The molecule has 16 heavy (non-hydrogen) atoms. The lowest BCUT2D eigenvalue weighted by Crippen LogP contribution is -2.47. The van der Waals surface area contributed by atoms with Crippen LogP contribution in [0.4, 0.5) is 0 Å². The summed E-state index contributed by atoms with van der Waals surface area (Å²) < 4.78 is 5.03. The van der Waals surface area contributed by atoms with E-state index in [0.29, 0.717) is 19.2 Å². The average molecular weight is 230 g/mol. The molecule has 0 fully saturated rings. The van der Waals surface area contributed by atoms with Crippen molar-refractivity contribution in [3.63, 3.8) is 0 Å². The van der Waals surface area contributed by atoms with Crippen molar-refractivity contribution >= 4 is 5.97 Å². The molecule has 0 radical (unpaired) electrons. The monoisotopic (exact) mass is 230 g/mol. The van der Waals surface area contributed by atoms with Gasteiger partial charge in [0.1, 0.15) is 6.04 Å². The number of hydrogen-bond donors (Lipinski definition) is 1. The fraction of sp³-hybridized carbons (Fsp3) is 0.917. The van der Waals surface area contributed by atoms with E-state index in [1.807, 2.05) is 6.92 Å². The van der Waals surface area contributed by atoms with E-state index in [-0.39, 0.29) is 12.0 Å². The van der Waals surface area contributed by atoms with Crippen molar-refractivity contribution in [1.82, 2.24) is 10.2 Å². The predicted molar refractivity (Wildman–Crippen MR) is 66.5 cm³/mol. The van der Waals surface area contributed by atoms with Crippen LogP contribution >= 0.6 is 0 Å². The van der Waals surface area contributed by atoms with Gasteiger partial charge in [0.2, 0.25) is 0 Å². The molecule has 4 nitrogen and oxygen atoms in total. The van der Waals surface area contributed by atoms with Crippen LogP contribution in [0.25, 0.3) is 0 Å². The van der Waals surface area contributed by atoms with E-state index in [0.717, 1.165) is 13.0 Å². The van der Waals surface area contributed by atoms with Crippen molar-refractivity contribution in [1.29, 1.82) is 0 Å². The van der Waals surface area contributed by atoms with Crippen LogP contribution in [0.3, 0.4) is 0 Å². The number of rotatable bonds is 8. The largest absolute Gasteiger partial charge is 0.465 e. The van der Waals surface area contributed by atoms with Gasteiger partial charge in [-0.25, -0.2) is 0 Å². The molecule has 0 spiro atoms. The predicted octanol–water partition coefficient (Wildman–Crippen LogP) is 1.26. The van der Waals surface area contributed by atoms with Crippen molar-refractivity contribution in [3.8, 4) is 0 Å². The lowest BCUT2D eigenvalue weighted by Gasteiger charge is -2.29. The number of nitrogens with one attached hydrogen (secondary N) is 1. The van der Waals surface area contributed by atoms with Gasteiger partial charge in [0.15, 0.2) is 0 Å². The molecule has 0 aromatic heterocycles. The van der Waals surface area contributed by atoms with Crippen LogP contribution < -0.4 is 5.32 Å². The Kier molecular flexibility index (Phi) is 8.21. The van der Waals surface area contributed by atoms with E-state index >= 15 is 0 Å². The second kappa shape index (κ2) is 8.53. The van der Waals surface area contributed by atoms with E-state index in [1.54, 1.807) is 7.05 Å². The van der Waals surface area contributed by atoms with Gasteiger partial charge >= 0.3 is 5.97 Å². The number of likely N-dealkylation sites (N-methyl/N-ethyl adjacent to an activating group) is 1. The Labute approximate surface area is 99.3 Å². The van der Waals surface area contributed by atoms with Gasteiger partial charge < -0.3 is 10.1 Å². The van der Waals surface area contributed by atoms with Crippen molar-refractivity contribution < 1.29 is 9.53 Å². The standard InChI is InChI=1S/C12H26N2O2/c1-6-8-14(10(3)4)9-11(13-5)12(15)16-7-2/h10-11,13H,6-9H2,1-5H3. The molecule has 0 aliphatic heterocycles. The topological polar surface area (TPSA) is 41.6 Å². The van der Waals surface area contributed by atoms with Gasteiger partial charge in [-0.3, -0.25) is 9.69 Å². The van der Waals surface area contributed by atoms with Crippen molar-refractivity contribution in [2.24, 2.45) is 0 Å². The van der Waals surface area contributed by atoms with Crippen LogP contribution in [0.15, 0.2) is 0 Å². The van der Waals surface area contributed by atoms with Crippen LogP contribution in [0.2, 0.25) is 0 Å². The maximum atomic E-state index is 11.6. The molecule has 0 aliphatic rings. The summed E-state index contributed by atoms with van der Waals surface area (Å²) in [7, 11) is 1.80. The number of carbonyl (C=O) groups is 1. The third kappa shape index (κ3) is 5.47. The minimum Gasteiger partial charge on any atom is -0.465 e. The van der Waals surface area contributed by atoms with Gasteiger partial charge in [0.25, 0.3) is 0 Å². The molecule has 1 atom stereocenters. The number of hydrogen-bond acceptors (Lipinski definition) is 4. The lowest BCUT2D eigenvalue weighted by atomic mass is 10.2. The minimum absolute atomic E-state index is 0.160.